The summed E-state index contributed by atoms with van der Waals surface area (Å²) in [5.41, 5.74) is 6.94. The molecule has 3 rings (SSSR count). The highest BCUT2D eigenvalue weighted by Gasteiger charge is 2.16. The van der Waals surface area contributed by atoms with Gasteiger partial charge in [-0.3, -0.25) is 20.4 Å². The van der Waals surface area contributed by atoms with Gasteiger partial charge in [-0.05, 0) is 35.9 Å². The van der Waals surface area contributed by atoms with Gasteiger partial charge in [-0.15, -0.1) is 0 Å². The van der Waals surface area contributed by atoms with E-state index in [2.05, 4.69) is 38.7 Å². The number of rotatable bonds is 6. The van der Waals surface area contributed by atoms with Crippen molar-refractivity contribution in [3.63, 3.8) is 0 Å². The van der Waals surface area contributed by atoms with Gasteiger partial charge in [0, 0.05) is 10.0 Å². The van der Waals surface area contributed by atoms with Gasteiger partial charge in [0.25, 0.3) is 11.8 Å². The summed E-state index contributed by atoms with van der Waals surface area (Å²) in [6, 6.07) is 12.3. The first-order chi connectivity index (χ1) is 12.5. The molecule has 0 aromatic heterocycles. The summed E-state index contributed by atoms with van der Waals surface area (Å²) >= 11 is 3.37. The quantitative estimate of drug-likeness (QED) is 0.627. The largest absolute Gasteiger partial charge is 0.454 e. The molecule has 0 fully saturated rings. The molecule has 0 atom stereocenters. The molecular weight excluding hydrogens is 402 g/mol. The van der Waals surface area contributed by atoms with E-state index in [1.165, 1.54) is 0 Å². The average Bonchev–Trinajstić information content (AvgIpc) is 3.11. The van der Waals surface area contributed by atoms with Crippen LogP contribution >= 0.6 is 15.9 Å². The minimum atomic E-state index is -0.407. The van der Waals surface area contributed by atoms with Crippen LogP contribution in [0.2, 0.25) is 0 Å². The summed E-state index contributed by atoms with van der Waals surface area (Å²) in [7, 11) is 0. The van der Waals surface area contributed by atoms with Crippen molar-refractivity contribution in [1.29, 1.82) is 0 Å². The van der Waals surface area contributed by atoms with E-state index in [-0.39, 0.29) is 19.2 Å². The lowest BCUT2D eigenvalue weighted by Crippen LogP contribution is -2.42. The van der Waals surface area contributed by atoms with Gasteiger partial charge in [0.15, 0.2) is 11.5 Å². The third-order valence-corrected chi connectivity index (χ3v) is 4.06. The van der Waals surface area contributed by atoms with Gasteiger partial charge >= 0.3 is 0 Å². The van der Waals surface area contributed by atoms with Gasteiger partial charge < -0.3 is 14.8 Å². The van der Waals surface area contributed by atoms with Crippen LogP contribution in [0.1, 0.15) is 15.9 Å². The molecule has 0 bridgehead atoms. The Bertz CT molecular complexity index is 869. The van der Waals surface area contributed by atoms with Crippen LogP contribution < -0.4 is 25.6 Å². The Labute approximate surface area is 158 Å². The molecule has 7 nitrogen and oxygen atoms in total. The van der Waals surface area contributed by atoms with Crippen molar-refractivity contribution >= 4 is 33.4 Å². The van der Waals surface area contributed by atoms with Gasteiger partial charge in [0.1, 0.15) is 0 Å². The Morgan fingerprint density at radius 1 is 1.04 bits per heavy atom. The van der Waals surface area contributed by atoms with Crippen molar-refractivity contribution in [3.8, 4) is 11.5 Å². The van der Waals surface area contributed by atoms with E-state index < -0.39 is 5.91 Å². The molecule has 2 amide bonds. The van der Waals surface area contributed by atoms with Crippen LogP contribution in [0.25, 0.3) is 5.70 Å². The second-order valence-corrected chi connectivity index (χ2v) is 6.33. The van der Waals surface area contributed by atoms with Gasteiger partial charge in [-0.1, -0.05) is 34.6 Å². The lowest BCUT2D eigenvalue weighted by atomic mass is 10.2. The highest BCUT2D eigenvalue weighted by atomic mass is 79.9. The number of carbonyl (C=O) groups excluding carboxylic acids is 2. The summed E-state index contributed by atoms with van der Waals surface area (Å²) < 4.78 is 11.3. The van der Waals surface area contributed by atoms with Crippen LogP contribution in [0.5, 0.6) is 11.5 Å². The molecule has 0 saturated heterocycles. The van der Waals surface area contributed by atoms with Crippen LogP contribution in [0, 0.1) is 0 Å². The lowest BCUT2D eigenvalue weighted by molar-refractivity contribution is -0.120. The normalized spacial score (nSPS) is 11.6. The van der Waals surface area contributed by atoms with Crippen molar-refractivity contribution in [3.05, 3.63) is 64.6 Å². The third kappa shape index (κ3) is 4.34. The Hall–Kier alpha value is -3.00. The summed E-state index contributed by atoms with van der Waals surface area (Å²) in [5.74, 6) is 0.308. The first-order valence-corrected chi connectivity index (χ1v) is 8.50. The predicted octanol–water partition coefficient (Wildman–Crippen LogP) is 2.20. The molecule has 0 spiro atoms. The van der Waals surface area contributed by atoms with E-state index in [1.54, 1.807) is 18.2 Å². The summed E-state index contributed by atoms with van der Waals surface area (Å²) in [6.45, 7) is 3.80. The molecule has 0 aliphatic carbocycles. The minimum Gasteiger partial charge on any atom is -0.454 e. The number of amides is 2. The number of carbonyl (C=O) groups is 2. The molecule has 0 saturated carbocycles. The van der Waals surface area contributed by atoms with Crippen molar-refractivity contribution in [2.24, 2.45) is 0 Å². The fraction of sp³-hybridized carbons (Fsp3) is 0.111. The van der Waals surface area contributed by atoms with E-state index in [4.69, 9.17) is 9.47 Å². The molecule has 134 valence electrons. The zero-order valence-corrected chi connectivity index (χ0v) is 15.3. The SMILES string of the molecule is C=C(NNC(=O)CNC(=O)c1ccc2c(c1)OCO2)c1cccc(Br)c1. The number of hydrogen-bond acceptors (Lipinski definition) is 5. The molecule has 2 aromatic carbocycles. The maximum atomic E-state index is 12.1. The van der Waals surface area contributed by atoms with Crippen LogP contribution in [0.15, 0.2) is 53.5 Å². The van der Waals surface area contributed by atoms with Gasteiger partial charge in [0.05, 0.1) is 12.2 Å². The molecule has 26 heavy (non-hydrogen) atoms. The summed E-state index contributed by atoms with van der Waals surface area (Å²) in [6.07, 6.45) is 0. The average molecular weight is 418 g/mol. The lowest BCUT2D eigenvalue weighted by Gasteiger charge is -2.12. The molecule has 0 radical (unpaired) electrons. The number of benzene rings is 2. The van der Waals surface area contributed by atoms with E-state index in [1.807, 2.05) is 24.3 Å². The number of fused-ring (bicyclic) bond motifs is 1. The predicted molar refractivity (Wildman–Crippen MR) is 99.4 cm³/mol. The molecule has 1 aliphatic heterocycles. The van der Waals surface area contributed by atoms with Gasteiger partial charge in [-0.25, -0.2) is 0 Å². The number of nitrogens with one attached hydrogen (secondary N) is 3. The Kier molecular flexibility index (Phi) is 5.43. The number of hydrazine groups is 1. The highest BCUT2D eigenvalue weighted by molar-refractivity contribution is 9.10. The molecular formula is C18H16BrN3O4. The second-order valence-electron chi connectivity index (χ2n) is 5.41. The van der Waals surface area contributed by atoms with E-state index in [0.29, 0.717) is 22.8 Å². The monoisotopic (exact) mass is 417 g/mol. The standard InChI is InChI=1S/C18H16BrN3O4/c1-11(12-3-2-4-14(19)7-12)21-22-17(23)9-20-18(24)13-5-6-15-16(8-13)26-10-25-15/h2-8,21H,1,9-10H2,(H,20,24)(H,22,23). The Morgan fingerprint density at radius 2 is 1.85 bits per heavy atom. The zero-order valence-electron chi connectivity index (χ0n) is 13.7. The van der Waals surface area contributed by atoms with Gasteiger partial charge in [0.2, 0.25) is 6.79 Å². The molecule has 1 aliphatic rings. The van der Waals surface area contributed by atoms with Crippen LogP contribution in [0.3, 0.4) is 0 Å². The van der Waals surface area contributed by atoms with E-state index in [9.17, 15) is 9.59 Å². The maximum Gasteiger partial charge on any atom is 0.257 e. The highest BCUT2D eigenvalue weighted by Crippen LogP contribution is 2.32. The van der Waals surface area contributed by atoms with Crippen LogP contribution in [0.4, 0.5) is 0 Å². The zero-order chi connectivity index (χ0) is 18.5. The minimum absolute atomic E-state index is 0.135. The van der Waals surface area contributed by atoms with E-state index >= 15 is 0 Å². The molecule has 3 N–H and O–H groups in total. The van der Waals surface area contributed by atoms with E-state index in [0.717, 1.165) is 10.0 Å². The molecule has 8 heteroatoms. The van der Waals surface area contributed by atoms with Crippen molar-refractivity contribution in [2.45, 2.75) is 0 Å². The second kappa shape index (κ2) is 7.92. The number of ether oxygens (including phenoxy) is 2. The smallest absolute Gasteiger partial charge is 0.257 e. The van der Waals surface area contributed by atoms with Crippen LogP contribution in [-0.2, 0) is 4.79 Å². The first kappa shape index (κ1) is 17.8. The van der Waals surface area contributed by atoms with Crippen molar-refractivity contribution in [1.82, 2.24) is 16.2 Å². The van der Waals surface area contributed by atoms with Crippen molar-refractivity contribution < 1.29 is 19.1 Å². The molecule has 0 unspecified atom stereocenters. The first-order valence-electron chi connectivity index (χ1n) is 7.70. The van der Waals surface area contributed by atoms with Crippen molar-refractivity contribution in [2.75, 3.05) is 13.3 Å². The fourth-order valence-electron chi connectivity index (χ4n) is 2.24. The molecule has 1 heterocycles. The molecule has 2 aromatic rings. The summed E-state index contributed by atoms with van der Waals surface area (Å²) in [5, 5.41) is 2.54. The Morgan fingerprint density at radius 3 is 2.65 bits per heavy atom. The Balaban J connectivity index is 1.46. The third-order valence-electron chi connectivity index (χ3n) is 3.57. The fourth-order valence-corrected chi connectivity index (χ4v) is 2.64. The number of halogens is 1. The number of hydrogen-bond donors (Lipinski definition) is 3. The summed E-state index contributed by atoms with van der Waals surface area (Å²) in [4.78, 5) is 24.0. The topological polar surface area (TPSA) is 88.7 Å². The van der Waals surface area contributed by atoms with Gasteiger partial charge in [-0.2, -0.15) is 0 Å². The van der Waals surface area contributed by atoms with Crippen LogP contribution in [-0.4, -0.2) is 25.2 Å². The maximum absolute atomic E-state index is 12.1.